The molecule has 1 atom stereocenters. The molecule has 1 aromatic heterocycles. The fourth-order valence-corrected chi connectivity index (χ4v) is 3.25. The van der Waals surface area contributed by atoms with Crippen molar-refractivity contribution in [3.63, 3.8) is 0 Å². The Hall–Kier alpha value is -1.10. The monoisotopic (exact) mass is 392 g/mol. The first-order valence-corrected chi connectivity index (χ1v) is 7.85. The summed E-state index contributed by atoms with van der Waals surface area (Å²) in [7, 11) is -1.97. The van der Waals surface area contributed by atoms with Crippen LogP contribution in [-0.2, 0) is 10.9 Å². The quantitative estimate of drug-likeness (QED) is 0.769. The number of rotatable bonds is 2. The van der Waals surface area contributed by atoms with Gasteiger partial charge >= 0.3 is 13.3 Å². The van der Waals surface area contributed by atoms with Gasteiger partial charge in [0.1, 0.15) is 5.59 Å². The molecule has 2 aromatic rings. The Morgan fingerprint density at radius 2 is 2.04 bits per heavy atom. The lowest BCUT2D eigenvalue weighted by Crippen LogP contribution is -2.33. The molecule has 0 amide bonds. The Morgan fingerprint density at radius 1 is 1.30 bits per heavy atom. The highest BCUT2D eigenvalue weighted by molar-refractivity contribution is 9.10. The lowest BCUT2D eigenvalue weighted by atomic mass is 9.83. The number of fused-ring (bicyclic) bond motifs is 1. The number of aromatic nitrogens is 2. The summed E-state index contributed by atoms with van der Waals surface area (Å²) < 4.78 is 47.1. The molecule has 1 saturated heterocycles. The van der Waals surface area contributed by atoms with Crippen LogP contribution in [0, 0.1) is 0 Å². The number of benzene rings is 1. The Morgan fingerprint density at radius 3 is 2.61 bits per heavy atom. The van der Waals surface area contributed by atoms with E-state index >= 15 is 0 Å². The minimum Gasteiger partial charge on any atom is -0.422 e. The van der Waals surface area contributed by atoms with Crippen LogP contribution in [0.2, 0.25) is 0 Å². The van der Waals surface area contributed by atoms with Crippen molar-refractivity contribution in [2.45, 2.75) is 31.7 Å². The van der Waals surface area contributed by atoms with E-state index in [-0.39, 0.29) is 21.0 Å². The third-order valence-corrected chi connectivity index (χ3v) is 4.23. The van der Waals surface area contributed by atoms with E-state index in [2.05, 4.69) is 21.0 Å². The Balaban J connectivity index is 2.30. The van der Waals surface area contributed by atoms with E-state index in [1.54, 1.807) is 0 Å². The molecule has 3 rings (SSSR count). The summed E-state index contributed by atoms with van der Waals surface area (Å²) in [6.45, 7) is 0.431. The van der Waals surface area contributed by atoms with Crippen LogP contribution in [-0.4, -0.2) is 33.6 Å². The van der Waals surface area contributed by atoms with Gasteiger partial charge in [0.15, 0.2) is 6.23 Å². The van der Waals surface area contributed by atoms with Crippen LogP contribution in [0.3, 0.4) is 0 Å². The van der Waals surface area contributed by atoms with E-state index in [9.17, 15) is 23.2 Å². The number of hydrogen-bond acceptors (Lipinski definition) is 4. The molecule has 124 valence electrons. The maximum Gasteiger partial charge on any atom is 0.510 e. The van der Waals surface area contributed by atoms with Gasteiger partial charge in [0.05, 0.1) is 11.1 Å². The van der Waals surface area contributed by atoms with Gasteiger partial charge in [-0.05, 0) is 31.4 Å². The van der Waals surface area contributed by atoms with E-state index in [1.165, 1.54) is 6.07 Å². The molecule has 1 aliphatic heterocycles. The van der Waals surface area contributed by atoms with E-state index in [0.29, 0.717) is 13.0 Å². The molecule has 1 unspecified atom stereocenters. The molecule has 23 heavy (non-hydrogen) atoms. The maximum absolute atomic E-state index is 13.4. The molecule has 0 aliphatic carbocycles. The van der Waals surface area contributed by atoms with Crippen LogP contribution >= 0.6 is 15.9 Å². The first-order valence-electron chi connectivity index (χ1n) is 7.05. The largest absolute Gasteiger partial charge is 0.510 e. The van der Waals surface area contributed by atoms with Crippen molar-refractivity contribution in [2.75, 3.05) is 6.61 Å². The third kappa shape index (κ3) is 3.12. The van der Waals surface area contributed by atoms with Gasteiger partial charge in [-0.15, -0.1) is 0 Å². The standard InChI is InChI=1S/C13H13BBrF3N2O3/c15-7-5-8-11(9(6-7)13(16,17)18)20(19-12(8)14(21)22)10-3-1-2-4-23-10/h5-6,10,21-22H,1-4H2. The highest BCUT2D eigenvalue weighted by Gasteiger charge is 2.37. The van der Waals surface area contributed by atoms with Crippen molar-refractivity contribution >= 4 is 39.5 Å². The Kier molecular flexibility index (Phi) is 4.43. The topological polar surface area (TPSA) is 67.5 Å². The summed E-state index contributed by atoms with van der Waals surface area (Å²) in [5.41, 5.74) is -1.31. The second kappa shape index (κ2) is 6.08. The van der Waals surface area contributed by atoms with Crippen molar-refractivity contribution in [1.29, 1.82) is 0 Å². The van der Waals surface area contributed by atoms with Crippen LogP contribution in [0.4, 0.5) is 13.2 Å². The third-order valence-electron chi connectivity index (χ3n) is 3.77. The zero-order valence-electron chi connectivity index (χ0n) is 11.8. The average molecular weight is 393 g/mol. The minimum absolute atomic E-state index is 0.0378. The fraction of sp³-hybridized carbons (Fsp3) is 0.462. The molecule has 1 aromatic carbocycles. The zero-order valence-corrected chi connectivity index (χ0v) is 13.4. The summed E-state index contributed by atoms with van der Waals surface area (Å²) in [4.78, 5) is 0. The molecule has 10 heteroatoms. The van der Waals surface area contributed by atoms with Crippen LogP contribution in [0.5, 0.6) is 0 Å². The molecule has 0 radical (unpaired) electrons. The van der Waals surface area contributed by atoms with E-state index in [0.717, 1.165) is 23.6 Å². The molecular weight excluding hydrogens is 380 g/mol. The van der Waals surface area contributed by atoms with Crippen molar-refractivity contribution in [3.05, 3.63) is 22.2 Å². The number of alkyl halides is 3. The Labute approximate surface area is 138 Å². The lowest BCUT2D eigenvalue weighted by Gasteiger charge is -2.24. The normalized spacial score (nSPS) is 19.3. The molecule has 1 fully saturated rings. The van der Waals surface area contributed by atoms with Gasteiger partial charge in [0.25, 0.3) is 0 Å². The summed E-state index contributed by atoms with van der Waals surface area (Å²) >= 11 is 3.03. The molecule has 0 spiro atoms. The average Bonchev–Trinajstić information content (AvgIpc) is 2.85. The second-order valence-electron chi connectivity index (χ2n) is 5.37. The van der Waals surface area contributed by atoms with Gasteiger partial charge in [-0.1, -0.05) is 15.9 Å². The summed E-state index contributed by atoms with van der Waals surface area (Å²) in [6, 6.07) is 2.35. The summed E-state index contributed by atoms with van der Waals surface area (Å²) in [5, 5.41) is 23.0. The number of halogens is 4. The summed E-state index contributed by atoms with van der Waals surface area (Å²) in [5.74, 6) is 0. The van der Waals surface area contributed by atoms with Crippen molar-refractivity contribution in [1.82, 2.24) is 9.78 Å². The molecular formula is C13H13BBrF3N2O3. The smallest absolute Gasteiger partial charge is 0.422 e. The molecule has 1 aliphatic rings. The molecule has 2 N–H and O–H groups in total. The first kappa shape index (κ1) is 16.8. The predicted octanol–water partition coefficient (Wildman–Crippen LogP) is 2.20. The SMILES string of the molecule is OB(O)c1nn(C2CCCCO2)c2c(C(F)(F)F)cc(Br)cc12. The maximum atomic E-state index is 13.4. The van der Waals surface area contributed by atoms with Crippen molar-refractivity contribution < 1.29 is 28.0 Å². The molecule has 5 nitrogen and oxygen atoms in total. The Bertz CT molecular complexity index is 729. The van der Waals surface area contributed by atoms with Crippen LogP contribution in [0.25, 0.3) is 10.9 Å². The van der Waals surface area contributed by atoms with Gasteiger partial charge in [0, 0.05) is 16.5 Å². The minimum atomic E-state index is -4.61. The fourth-order valence-electron chi connectivity index (χ4n) is 2.79. The molecule has 0 saturated carbocycles. The second-order valence-corrected chi connectivity index (χ2v) is 6.29. The van der Waals surface area contributed by atoms with Crippen LogP contribution in [0.1, 0.15) is 31.1 Å². The van der Waals surface area contributed by atoms with Gasteiger partial charge < -0.3 is 14.8 Å². The van der Waals surface area contributed by atoms with Gasteiger partial charge in [-0.3, -0.25) is 0 Å². The highest BCUT2D eigenvalue weighted by Crippen LogP contribution is 2.38. The van der Waals surface area contributed by atoms with Gasteiger partial charge in [-0.2, -0.15) is 18.3 Å². The van der Waals surface area contributed by atoms with E-state index in [4.69, 9.17) is 4.74 Å². The number of ether oxygens (including phenoxy) is 1. The van der Waals surface area contributed by atoms with Gasteiger partial charge in [0.2, 0.25) is 0 Å². The zero-order chi connectivity index (χ0) is 16.8. The van der Waals surface area contributed by atoms with E-state index in [1.807, 2.05) is 0 Å². The highest BCUT2D eigenvalue weighted by atomic mass is 79.9. The molecule has 2 heterocycles. The van der Waals surface area contributed by atoms with Crippen molar-refractivity contribution in [2.24, 2.45) is 0 Å². The van der Waals surface area contributed by atoms with Gasteiger partial charge in [-0.25, -0.2) is 4.68 Å². The molecule has 0 bridgehead atoms. The predicted molar refractivity (Wildman–Crippen MR) is 81.1 cm³/mol. The van der Waals surface area contributed by atoms with Crippen molar-refractivity contribution in [3.8, 4) is 0 Å². The lowest BCUT2D eigenvalue weighted by molar-refractivity contribution is -0.136. The van der Waals surface area contributed by atoms with E-state index < -0.39 is 25.1 Å². The summed E-state index contributed by atoms with van der Waals surface area (Å²) in [6.07, 6.45) is -3.10. The number of hydrogen-bond donors (Lipinski definition) is 2. The van der Waals surface area contributed by atoms with Crippen LogP contribution < -0.4 is 5.59 Å². The first-order chi connectivity index (χ1) is 10.8. The number of nitrogens with zero attached hydrogens (tertiary/aromatic N) is 2. The van der Waals surface area contributed by atoms with Crippen LogP contribution in [0.15, 0.2) is 16.6 Å².